The van der Waals surface area contributed by atoms with E-state index in [0.717, 1.165) is 11.0 Å². The highest BCUT2D eigenvalue weighted by Crippen LogP contribution is 2.37. The number of carbonyl (C=O) groups excluding carboxylic acids is 6. The molecule has 20 nitrogen and oxygen atoms in total. The van der Waals surface area contributed by atoms with Crippen LogP contribution in [0.5, 0.6) is 0 Å². The van der Waals surface area contributed by atoms with E-state index in [0.29, 0.717) is 82.9 Å². The van der Waals surface area contributed by atoms with Crippen LogP contribution >= 0.6 is 0 Å². The van der Waals surface area contributed by atoms with Gasteiger partial charge in [0.2, 0.25) is 17.4 Å². The summed E-state index contributed by atoms with van der Waals surface area (Å²) in [6, 6.07) is 12.7. The molecule has 0 saturated carbocycles. The van der Waals surface area contributed by atoms with Crippen molar-refractivity contribution in [1.82, 2.24) is 25.4 Å². The number of ether oxygens (including phenoxy) is 5. The largest absolute Gasteiger partial charge is 0.417 e. The number of halogens is 4. The SMILES string of the molecule is C[C@@H]1CN(c2ccc(-c3cc(C(=O)NCCOCCOCCOCCOCCOCCNc4cccc5c4C(=O)N(C4CCC(=O)NC4=O)C5=O)ccc3F)cc2NC(=O)c2c[nH]c(=O)cc2C(F)(F)F)C[C@H](C)N1C. The number of aromatic amines is 1. The molecule has 0 bridgehead atoms. The van der Waals surface area contributed by atoms with Crippen LogP contribution in [0.15, 0.2) is 71.7 Å². The Labute approximate surface area is 434 Å². The van der Waals surface area contributed by atoms with E-state index in [9.17, 15) is 46.7 Å². The van der Waals surface area contributed by atoms with Crippen LogP contribution in [0.2, 0.25) is 0 Å². The number of benzene rings is 3. The number of H-pyrrole nitrogens is 1. The number of amides is 6. The van der Waals surface area contributed by atoms with Crippen LogP contribution in [0, 0.1) is 5.82 Å². The van der Waals surface area contributed by atoms with Gasteiger partial charge in [-0.25, -0.2) is 4.39 Å². The van der Waals surface area contributed by atoms with Crippen molar-refractivity contribution in [2.75, 3.05) is 115 Å². The van der Waals surface area contributed by atoms with E-state index in [1.165, 1.54) is 24.3 Å². The number of piperidine rings is 1. The number of fused-ring (bicyclic) bond motifs is 1. The van der Waals surface area contributed by atoms with Gasteiger partial charge in [-0.1, -0.05) is 12.1 Å². The first-order valence-electron chi connectivity index (χ1n) is 24.7. The first-order valence-corrected chi connectivity index (χ1v) is 24.7. The van der Waals surface area contributed by atoms with E-state index >= 15 is 4.39 Å². The molecule has 76 heavy (non-hydrogen) atoms. The van der Waals surface area contributed by atoms with E-state index in [-0.39, 0.29) is 91.4 Å². The summed E-state index contributed by atoms with van der Waals surface area (Å²) in [4.78, 5) is 95.9. The number of alkyl halides is 3. The zero-order valence-electron chi connectivity index (χ0n) is 42.1. The Bertz CT molecular complexity index is 2820. The van der Waals surface area contributed by atoms with Crippen LogP contribution in [0.3, 0.4) is 0 Å². The fourth-order valence-corrected chi connectivity index (χ4v) is 8.89. The average molecular weight is 1070 g/mol. The molecule has 3 aromatic carbocycles. The number of piperazine rings is 1. The minimum absolute atomic E-state index is 0.00577. The van der Waals surface area contributed by atoms with Gasteiger partial charge in [-0.2, -0.15) is 13.2 Å². The maximum absolute atomic E-state index is 15.5. The molecule has 0 radical (unpaired) electrons. The van der Waals surface area contributed by atoms with Gasteiger partial charge in [0.05, 0.1) is 99.7 Å². The molecule has 3 atom stereocenters. The van der Waals surface area contributed by atoms with Gasteiger partial charge in [0.1, 0.15) is 11.9 Å². The first kappa shape index (κ1) is 56.6. The lowest BCUT2D eigenvalue weighted by Crippen LogP contribution is -2.55. The van der Waals surface area contributed by atoms with Crippen LogP contribution in [-0.4, -0.2) is 168 Å². The van der Waals surface area contributed by atoms with Crippen LogP contribution < -0.4 is 31.7 Å². The quantitative estimate of drug-likeness (QED) is 0.0353. The highest BCUT2D eigenvalue weighted by atomic mass is 19.4. The summed E-state index contributed by atoms with van der Waals surface area (Å²) in [7, 11) is 1.98. The van der Waals surface area contributed by atoms with Gasteiger partial charge in [0.15, 0.2) is 0 Å². The molecule has 0 spiro atoms. The van der Waals surface area contributed by atoms with Crippen molar-refractivity contribution >= 4 is 52.5 Å². The van der Waals surface area contributed by atoms with E-state index < -0.39 is 70.2 Å². The number of hydrogen-bond donors (Lipinski definition) is 5. The second-order valence-electron chi connectivity index (χ2n) is 18.2. The second-order valence-corrected chi connectivity index (χ2v) is 18.2. The highest BCUT2D eigenvalue weighted by Gasteiger charge is 2.45. The standard InChI is InChI=1S/C52H60F4N8O12/c1-31-29-63(30-32(2)62(31)3)42-10-8-33(26-41(42)60-48(68)37-28-59-45(66)27-38(37)52(54,55)56)36-25-34(7-9-39(36)53)47(67)58-14-16-73-18-20-75-22-24-76-23-21-74-19-17-72-15-13-57-40-6-4-5-35-46(40)51(71)64(50(35)70)43-11-12-44(65)61-49(43)69/h4-10,25-28,31-32,43,57H,11-24,29-30H2,1-3H3,(H,58,67)(H,59,66)(H,60,68)(H,61,65,69)/t31-,32+,43?. The summed E-state index contributed by atoms with van der Waals surface area (Å²) in [6.07, 6.45) is -4.19. The van der Waals surface area contributed by atoms with Crippen LogP contribution in [-0.2, 0) is 39.4 Å². The molecule has 3 aliphatic rings. The number of hydrogen-bond acceptors (Lipinski definition) is 15. The lowest BCUT2D eigenvalue weighted by Gasteiger charge is -2.44. The van der Waals surface area contributed by atoms with E-state index in [4.69, 9.17) is 23.7 Å². The summed E-state index contributed by atoms with van der Waals surface area (Å²) in [5.41, 5.74) is -1.50. The molecule has 3 aliphatic heterocycles. The first-order chi connectivity index (χ1) is 36.4. The molecular weight excluding hydrogens is 1000 g/mol. The number of rotatable bonds is 25. The van der Waals surface area contributed by atoms with E-state index in [1.807, 2.05) is 25.8 Å². The number of pyridine rings is 1. The number of nitrogens with zero attached hydrogens (tertiary/aromatic N) is 3. The maximum Gasteiger partial charge on any atom is 0.417 e. The monoisotopic (exact) mass is 1060 g/mol. The Kier molecular flexibility index (Phi) is 19.5. The summed E-state index contributed by atoms with van der Waals surface area (Å²) in [5.74, 6) is -4.64. The molecule has 1 aromatic heterocycles. The van der Waals surface area contributed by atoms with Gasteiger partial charge in [0.25, 0.3) is 23.6 Å². The highest BCUT2D eigenvalue weighted by molar-refractivity contribution is 6.25. The van der Waals surface area contributed by atoms with Gasteiger partial charge in [-0.3, -0.25) is 48.7 Å². The summed E-state index contributed by atoms with van der Waals surface area (Å²) in [6.45, 7) is 8.37. The Morgan fingerprint density at radius 1 is 0.724 bits per heavy atom. The van der Waals surface area contributed by atoms with Gasteiger partial charge in [-0.05, 0) is 75.3 Å². The third-order valence-electron chi connectivity index (χ3n) is 13.0. The number of nitrogens with one attached hydrogen (secondary N) is 5. The zero-order chi connectivity index (χ0) is 54.5. The second kappa shape index (κ2) is 26.1. The zero-order valence-corrected chi connectivity index (χ0v) is 42.1. The van der Waals surface area contributed by atoms with E-state index in [1.54, 1.807) is 24.3 Å². The average Bonchev–Trinajstić information content (AvgIpc) is 3.66. The van der Waals surface area contributed by atoms with Gasteiger partial charge >= 0.3 is 6.18 Å². The molecule has 4 aromatic rings. The van der Waals surface area contributed by atoms with Gasteiger partial charge in [-0.15, -0.1) is 0 Å². The molecule has 408 valence electrons. The Morgan fingerprint density at radius 2 is 1.36 bits per heavy atom. The summed E-state index contributed by atoms with van der Waals surface area (Å²) < 4.78 is 85.0. The van der Waals surface area contributed by atoms with Gasteiger partial charge < -0.3 is 49.5 Å². The predicted octanol–water partition coefficient (Wildman–Crippen LogP) is 4.31. The molecule has 6 amide bonds. The number of likely N-dealkylation sites (N-methyl/N-ethyl adjacent to an activating group) is 1. The number of aromatic nitrogens is 1. The van der Waals surface area contributed by atoms with Crippen LogP contribution in [0.1, 0.15) is 73.7 Å². The fraction of sp³-hybridized carbons (Fsp3) is 0.442. The molecule has 4 heterocycles. The molecule has 5 N–H and O–H groups in total. The molecule has 0 aliphatic carbocycles. The Morgan fingerprint density at radius 3 is 1.99 bits per heavy atom. The number of carbonyl (C=O) groups is 6. The molecule has 1 unspecified atom stereocenters. The summed E-state index contributed by atoms with van der Waals surface area (Å²) in [5, 5.41) is 10.6. The Balaban J connectivity index is 0.765. The van der Waals surface area contributed by atoms with Gasteiger partial charge in [0, 0.05) is 73.8 Å². The number of anilines is 3. The molecule has 7 rings (SSSR count). The van der Waals surface area contributed by atoms with E-state index in [2.05, 4.69) is 31.2 Å². The lowest BCUT2D eigenvalue weighted by molar-refractivity contribution is -0.138. The van der Waals surface area contributed by atoms with Crippen molar-refractivity contribution in [2.45, 2.75) is 51.0 Å². The minimum atomic E-state index is -5.00. The lowest BCUT2D eigenvalue weighted by atomic mass is 9.99. The van der Waals surface area contributed by atoms with Crippen molar-refractivity contribution in [3.8, 4) is 11.1 Å². The van der Waals surface area contributed by atoms with Crippen molar-refractivity contribution in [3.05, 3.63) is 111 Å². The molecule has 2 fully saturated rings. The van der Waals surface area contributed by atoms with Crippen molar-refractivity contribution in [1.29, 1.82) is 0 Å². The van der Waals surface area contributed by atoms with Crippen LogP contribution in [0.4, 0.5) is 34.6 Å². The normalized spacial score (nSPS) is 18.0. The molecular formula is C52H60F4N8O12. The molecule has 2 saturated heterocycles. The van der Waals surface area contributed by atoms with Crippen LogP contribution in [0.25, 0.3) is 11.1 Å². The minimum Gasteiger partial charge on any atom is -0.382 e. The smallest absolute Gasteiger partial charge is 0.382 e. The predicted molar refractivity (Wildman–Crippen MR) is 269 cm³/mol. The number of imide groups is 2. The fourth-order valence-electron chi connectivity index (χ4n) is 8.89. The Hall–Kier alpha value is -7.09. The summed E-state index contributed by atoms with van der Waals surface area (Å²) >= 11 is 0. The topological polar surface area (TPSA) is 239 Å². The van der Waals surface area contributed by atoms with Crippen molar-refractivity contribution in [2.24, 2.45) is 0 Å². The van der Waals surface area contributed by atoms with Crippen molar-refractivity contribution in [3.63, 3.8) is 0 Å². The maximum atomic E-state index is 15.5. The van der Waals surface area contributed by atoms with Crippen molar-refractivity contribution < 1.29 is 70.0 Å². The molecule has 24 heteroatoms. The third-order valence-corrected chi connectivity index (χ3v) is 13.0. The third kappa shape index (κ3) is 14.2.